The zero-order chi connectivity index (χ0) is 17.8. The molecule has 0 unspecified atom stereocenters. The smallest absolute Gasteiger partial charge is 0.362 e. The summed E-state index contributed by atoms with van der Waals surface area (Å²) >= 11 is 0. The Morgan fingerprint density at radius 2 is 1.87 bits per heavy atom. The van der Waals surface area contributed by atoms with Crippen molar-refractivity contribution in [1.29, 1.82) is 0 Å². The second-order valence-electron chi connectivity index (χ2n) is 4.69. The summed E-state index contributed by atoms with van der Waals surface area (Å²) in [6, 6.07) is 1.61. The van der Waals surface area contributed by atoms with Crippen LogP contribution in [0.2, 0.25) is 0 Å². The van der Waals surface area contributed by atoms with Crippen LogP contribution in [0.15, 0.2) is 30.6 Å². The molecule has 2 rings (SSSR count). The lowest BCUT2D eigenvalue weighted by molar-refractivity contribution is 0.0740. The molecule has 0 spiro atoms. The molecule has 1 N–H and O–H groups in total. The van der Waals surface area contributed by atoms with Crippen molar-refractivity contribution in [2.45, 2.75) is 12.2 Å². The molecule has 1 aliphatic rings. The van der Waals surface area contributed by atoms with Crippen molar-refractivity contribution < 1.29 is 30.5 Å². The molecule has 1 aromatic rings. The highest BCUT2D eigenvalue weighted by atomic mass is 32.2. The molecular formula is C13H16F4N2O3S. The van der Waals surface area contributed by atoms with E-state index in [1.807, 2.05) is 0 Å². The van der Waals surface area contributed by atoms with Crippen molar-refractivity contribution in [2.75, 3.05) is 20.3 Å². The average molecular weight is 356 g/mol. The van der Waals surface area contributed by atoms with Gasteiger partial charge in [-0.05, 0) is 19.1 Å². The summed E-state index contributed by atoms with van der Waals surface area (Å²) in [7, 11) is -3.76. The van der Waals surface area contributed by atoms with E-state index in [4.69, 9.17) is 4.55 Å². The predicted molar refractivity (Wildman–Crippen MR) is 76.0 cm³/mol. The summed E-state index contributed by atoms with van der Waals surface area (Å²) < 4.78 is 79.6. The van der Waals surface area contributed by atoms with Crippen LogP contribution < -0.4 is 0 Å². The van der Waals surface area contributed by atoms with Crippen molar-refractivity contribution in [2.24, 2.45) is 0 Å². The molecule has 0 aromatic heterocycles. The lowest BCUT2D eigenvalue weighted by atomic mass is 10.2. The van der Waals surface area contributed by atoms with Gasteiger partial charge in [0.15, 0.2) is 11.6 Å². The zero-order valence-corrected chi connectivity index (χ0v) is 13.2. The van der Waals surface area contributed by atoms with Crippen LogP contribution in [0.5, 0.6) is 0 Å². The molecule has 0 radical (unpaired) electrons. The highest BCUT2D eigenvalue weighted by Crippen LogP contribution is 2.35. The number of halogens is 4. The van der Waals surface area contributed by atoms with Crippen molar-refractivity contribution in [1.82, 2.24) is 9.80 Å². The van der Waals surface area contributed by atoms with Gasteiger partial charge in [-0.1, -0.05) is 6.07 Å². The number of hydrogen-bond donors (Lipinski definition) is 1. The van der Waals surface area contributed by atoms with Crippen LogP contribution in [0, 0.1) is 11.6 Å². The number of benzene rings is 1. The van der Waals surface area contributed by atoms with E-state index in [0.717, 1.165) is 13.2 Å². The molecule has 23 heavy (non-hydrogen) atoms. The second-order valence-corrected chi connectivity index (χ2v) is 6.16. The summed E-state index contributed by atoms with van der Waals surface area (Å²) in [4.78, 5) is 4.41. The molecule has 10 heteroatoms. The largest absolute Gasteiger partial charge is 0.398 e. The first-order chi connectivity index (χ1) is 10.5. The van der Waals surface area contributed by atoms with E-state index in [1.165, 1.54) is 0 Å². The molecule has 0 fully saturated rings. The highest BCUT2D eigenvalue weighted by Gasteiger charge is 2.48. The SMILES string of the molecule is CCN1C=CN(C)C1.O=S(=O)(O)C(F)(F)c1cccc(F)c1F. The van der Waals surface area contributed by atoms with E-state index in [2.05, 4.69) is 36.2 Å². The third-order valence-electron chi connectivity index (χ3n) is 2.93. The topological polar surface area (TPSA) is 60.9 Å². The van der Waals surface area contributed by atoms with Crippen LogP contribution >= 0.6 is 0 Å². The van der Waals surface area contributed by atoms with Crippen LogP contribution in [-0.4, -0.2) is 43.0 Å². The summed E-state index contributed by atoms with van der Waals surface area (Å²) in [6.07, 6.45) is 4.20. The Bertz CT molecular complexity index is 680. The van der Waals surface area contributed by atoms with Crippen LogP contribution in [0.4, 0.5) is 17.6 Å². The standard InChI is InChI=1S/C7H4F4O3S.C6H12N2/c8-5-3-1-2-4(6(5)9)7(10,11)15(12,13)14;1-3-8-5-4-7(2)6-8/h1-3H,(H,12,13,14);4-5H,3,6H2,1-2H3. The maximum absolute atomic E-state index is 12.9. The van der Waals surface area contributed by atoms with E-state index in [1.54, 1.807) is 0 Å². The third kappa shape index (κ3) is 4.58. The zero-order valence-electron chi connectivity index (χ0n) is 12.4. The van der Waals surface area contributed by atoms with Gasteiger partial charge >= 0.3 is 15.4 Å². The molecule has 1 aliphatic heterocycles. The number of rotatable bonds is 3. The fourth-order valence-electron chi connectivity index (χ4n) is 1.66. The number of hydrogen-bond acceptors (Lipinski definition) is 4. The maximum atomic E-state index is 12.9. The minimum atomic E-state index is -5.83. The van der Waals surface area contributed by atoms with Crippen molar-refractivity contribution in [3.05, 3.63) is 47.8 Å². The summed E-state index contributed by atoms with van der Waals surface area (Å²) in [5.41, 5.74) is -1.73. The van der Waals surface area contributed by atoms with E-state index in [0.29, 0.717) is 18.2 Å². The fourth-order valence-corrected chi connectivity index (χ4v) is 2.10. The molecule has 0 bridgehead atoms. The minimum Gasteiger partial charge on any atom is -0.362 e. The Morgan fingerprint density at radius 3 is 2.26 bits per heavy atom. The monoisotopic (exact) mass is 356 g/mol. The Hall–Kier alpha value is -1.81. The molecule has 0 atom stereocenters. The molecule has 0 amide bonds. The van der Waals surface area contributed by atoms with E-state index < -0.39 is 32.6 Å². The number of nitrogens with zero attached hydrogens (tertiary/aromatic N) is 2. The predicted octanol–water partition coefficient (Wildman–Crippen LogP) is 2.58. The Labute approximate surface area is 131 Å². The first kappa shape index (κ1) is 19.2. The molecule has 1 heterocycles. The van der Waals surface area contributed by atoms with Gasteiger partial charge in [0.25, 0.3) is 0 Å². The van der Waals surface area contributed by atoms with Crippen LogP contribution in [0.25, 0.3) is 0 Å². The Morgan fingerprint density at radius 1 is 1.26 bits per heavy atom. The molecule has 5 nitrogen and oxygen atoms in total. The van der Waals surface area contributed by atoms with E-state index in [-0.39, 0.29) is 0 Å². The maximum Gasteiger partial charge on any atom is 0.398 e. The second kappa shape index (κ2) is 7.18. The molecule has 0 saturated heterocycles. The molecular weight excluding hydrogens is 340 g/mol. The highest BCUT2D eigenvalue weighted by molar-refractivity contribution is 7.86. The summed E-state index contributed by atoms with van der Waals surface area (Å²) in [6.45, 7) is 4.32. The number of alkyl halides is 2. The normalized spacial score (nSPS) is 14.7. The lowest BCUT2D eigenvalue weighted by Gasteiger charge is -2.14. The van der Waals surface area contributed by atoms with Crippen LogP contribution in [-0.2, 0) is 15.4 Å². The van der Waals surface area contributed by atoms with Crippen molar-refractivity contribution in [3.63, 3.8) is 0 Å². The van der Waals surface area contributed by atoms with E-state index in [9.17, 15) is 26.0 Å². The van der Waals surface area contributed by atoms with Crippen molar-refractivity contribution in [3.8, 4) is 0 Å². The Kier molecular flexibility index (Phi) is 6.00. The molecule has 0 aliphatic carbocycles. The third-order valence-corrected chi connectivity index (χ3v) is 3.80. The summed E-state index contributed by atoms with van der Waals surface area (Å²) in [5, 5.41) is -4.88. The quantitative estimate of drug-likeness (QED) is 0.666. The van der Waals surface area contributed by atoms with Crippen LogP contribution in [0.1, 0.15) is 12.5 Å². The van der Waals surface area contributed by atoms with Gasteiger partial charge in [0, 0.05) is 26.0 Å². The van der Waals surface area contributed by atoms with Gasteiger partial charge in [0.1, 0.15) is 0 Å². The average Bonchev–Trinajstić information content (AvgIpc) is 2.87. The van der Waals surface area contributed by atoms with Crippen LogP contribution in [0.3, 0.4) is 0 Å². The first-order valence-electron chi connectivity index (χ1n) is 6.42. The Balaban J connectivity index is 0.000000277. The molecule has 0 saturated carbocycles. The van der Waals surface area contributed by atoms with Gasteiger partial charge in [-0.15, -0.1) is 0 Å². The van der Waals surface area contributed by atoms with Gasteiger partial charge in [0.05, 0.1) is 12.2 Å². The van der Waals surface area contributed by atoms with Gasteiger partial charge < -0.3 is 9.80 Å². The first-order valence-corrected chi connectivity index (χ1v) is 7.86. The molecule has 130 valence electrons. The van der Waals surface area contributed by atoms with Gasteiger partial charge in [-0.2, -0.15) is 17.2 Å². The van der Waals surface area contributed by atoms with Crippen molar-refractivity contribution >= 4 is 10.1 Å². The van der Waals surface area contributed by atoms with E-state index >= 15 is 0 Å². The summed E-state index contributed by atoms with van der Waals surface area (Å²) in [5.74, 6) is -3.64. The van der Waals surface area contributed by atoms with Gasteiger partial charge in [0.2, 0.25) is 0 Å². The molecule has 1 aromatic carbocycles. The lowest BCUT2D eigenvalue weighted by Crippen LogP contribution is -2.27. The van der Waals surface area contributed by atoms with Gasteiger partial charge in [-0.3, -0.25) is 4.55 Å². The fraction of sp³-hybridized carbons (Fsp3) is 0.385. The van der Waals surface area contributed by atoms with Gasteiger partial charge in [-0.25, -0.2) is 8.78 Å². The minimum absolute atomic E-state index is 0.367.